The van der Waals surface area contributed by atoms with Gasteiger partial charge in [0.05, 0.1) is 17.2 Å². The quantitative estimate of drug-likeness (QED) is 0.163. The van der Waals surface area contributed by atoms with Gasteiger partial charge in [-0.3, -0.25) is 0 Å². The number of nitrogens with zero attached hydrogens (tertiary/aromatic N) is 1. The van der Waals surface area contributed by atoms with Crippen LogP contribution < -0.4 is 0 Å². The lowest BCUT2D eigenvalue weighted by molar-refractivity contribution is -0.137. The molecule has 12 rings (SSSR count). The van der Waals surface area contributed by atoms with Crippen LogP contribution in [0.2, 0.25) is 0 Å². The molecule has 12 aromatic carbocycles. The Bertz CT molecular complexity index is 3750. The van der Waals surface area contributed by atoms with Gasteiger partial charge in [0.1, 0.15) is 0 Å². The number of benzene rings is 10. The summed E-state index contributed by atoms with van der Waals surface area (Å²) in [6.07, 6.45) is -4.58. The Morgan fingerprint density at radius 2 is 0.850 bits per heavy atom. The molecule has 0 aliphatic carbocycles. The molecule has 0 radical (unpaired) electrons. The first kappa shape index (κ1) is 34.3. The van der Waals surface area contributed by atoms with Gasteiger partial charge in [0.15, 0.2) is 0 Å². The summed E-state index contributed by atoms with van der Waals surface area (Å²) in [5.74, 6) is 0. The number of rotatable bonds is 4. The van der Waals surface area contributed by atoms with Crippen LogP contribution in [0, 0.1) is 11.3 Å². The number of hydrogen-bond donors (Lipinski definition) is 0. The zero-order valence-corrected chi connectivity index (χ0v) is 31.9. The summed E-state index contributed by atoms with van der Waals surface area (Å²) < 4.78 is 43.1. The highest BCUT2D eigenvalue weighted by Crippen LogP contribution is 2.55. The average molecular weight is 774 g/mol. The van der Waals surface area contributed by atoms with Crippen molar-refractivity contribution in [3.63, 3.8) is 0 Å². The van der Waals surface area contributed by atoms with Crippen molar-refractivity contribution in [1.82, 2.24) is 0 Å². The van der Waals surface area contributed by atoms with Crippen molar-refractivity contribution < 1.29 is 13.2 Å². The lowest BCUT2D eigenvalue weighted by atomic mass is 9.84. The lowest BCUT2D eigenvalue weighted by Crippen LogP contribution is -2.07. The average Bonchev–Trinajstić information content (AvgIpc) is 3.80. The summed E-state index contributed by atoms with van der Waals surface area (Å²) in [7, 11) is 0. The number of halogens is 3. The zero-order chi connectivity index (χ0) is 40.3. The van der Waals surface area contributed by atoms with Gasteiger partial charge in [-0.15, -0.1) is 0 Å². The maximum atomic E-state index is 14.4. The molecule has 60 heavy (non-hydrogen) atoms. The first-order chi connectivity index (χ1) is 29.4. The normalized spacial score (nSPS) is 12.2. The van der Waals surface area contributed by atoms with Crippen LogP contribution >= 0.6 is 0 Å². The molecule has 0 amide bonds. The smallest absolute Gasteiger partial charge is 0.192 e. The van der Waals surface area contributed by atoms with E-state index in [4.69, 9.17) is 0 Å². The van der Waals surface area contributed by atoms with E-state index in [1.165, 1.54) is 77.1 Å². The molecule has 0 spiro atoms. The highest BCUT2D eigenvalue weighted by Gasteiger charge is 2.34. The first-order valence-electron chi connectivity index (χ1n) is 20.0. The van der Waals surface area contributed by atoms with Gasteiger partial charge in [0.2, 0.25) is 0 Å². The van der Waals surface area contributed by atoms with Crippen LogP contribution in [0.1, 0.15) is 11.1 Å². The second-order valence-electron chi connectivity index (χ2n) is 15.7. The summed E-state index contributed by atoms with van der Waals surface area (Å²) in [5, 5.41) is 26.2. The second kappa shape index (κ2) is 12.6. The monoisotopic (exact) mass is 773 g/mol. The molecular formula is C56H30F3N. The minimum absolute atomic E-state index is 0.0148. The highest BCUT2D eigenvalue weighted by molar-refractivity contribution is 6.45. The molecule has 0 bridgehead atoms. The fourth-order valence-corrected chi connectivity index (χ4v) is 10.2. The fraction of sp³-hybridized carbons (Fsp3) is 0.0179. The van der Waals surface area contributed by atoms with Crippen molar-refractivity contribution in [1.29, 1.82) is 5.26 Å². The standard InChI is InChI=1S/C56H30F3N/c57-56(58,59)48-27-24-32(31-60)28-45(48)36-17-9-16-35(29-36)37-25-26-44-51-40(37)20-10-23-43(51)55-50(34-14-5-2-6-15-34)53-42-22-11-21-41-38-18-7-8-19-39(38)46(52(41)42)30-47(53)49(54(44)55)33-12-3-1-4-13-33/h1-30H. The Morgan fingerprint density at radius 3 is 1.55 bits per heavy atom. The Hall–Kier alpha value is -7.74. The van der Waals surface area contributed by atoms with E-state index in [0.717, 1.165) is 49.9 Å². The van der Waals surface area contributed by atoms with E-state index in [0.29, 0.717) is 5.56 Å². The maximum absolute atomic E-state index is 14.4. The number of nitriles is 1. The predicted octanol–water partition coefficient (Wildman–Crippen LogP) is 16.2. The van der Waals surface area contributed by atoms with E-state index >= 15 is 0 Å². The molecule has 1 nitrogen and oxygen atoms in total. The molecule has 12 aromatic rings. The molecule has 0 aromatic heterocycles. The van der Waals surface area contributed by atoms with Crippen LogP contribution in [0.3, 0.4) is 0 Å². The van der Waals surface area contributed by atoms with Crippen LogP contribution in [0.5, 0.6) is 0 Å². The Labute approximate surface area is 342 Å². The highest BCUT2D eigenvalue weighted by atomic mass is 19.4. The molecule has 4 heteroatoms. The van der Waals surface area contributed by atoms with Crippen LogP contribution in [-0.4, -0.2) is 0 Å². The minimum atomic E-state index is -4.58. The van der Waals surface area contributed by atoms with Gasteiger partial charge in [0, 0.05) is 0 Å². The van der Waals surface area contributed by atoms with E-state index in [-0.39, 0.29) is 11.1 Å². The number of fused-ring (bicyclic) bond motifs is 8. The lowest BCUT2D eigenvalue weighted by Gasteiger charge is -2.19. The van der Waals surface area contributed by atoms with E-state index < -0.39 is 11.7 Å². The maximum Gasteiger partial charge on any atom is 0.417 e. The van der Waals surface area contributed by atoms with E-state index in [9.17, 15) is 18.4 Å². The molecule has 0 aliphatic rings. The third kappa shape index (κ3) is 4.81. The zero-order valence-electron chi connectivity index (χ0n) is 31.9. The van der Waals surface area contributed by atoms with Gasteiger partial charge in [-0.2, -0.15) is 18.4 Å². The van der Waals surface area contributed by atoms with Gasteiger partial charge in [-0.25, -0.2) is 0 Å². The summed E-state index contributed by atoms with van der Waals surface area (Å²) in [6.45, 7) is 0. The topological polar surface area (TPSA) is 23.8 Å². The van der Waals surface area contributed by atoms with Crippen LogP contribution in [-0.2, 0) is 6.18 Å². The molecule has 280 valence electrons. The molecule has 0 atom stereocenters. The SMILES string of the molecule is N#Cc1ccc(C(F)(F)F)c(-c2cccc(-c3ccc4c5c(-c6ccccc6)c6cc7c8ccccc8c8cccc(c6c(-c6ccccc6)c5c5cccc3c45)c87)c2)c1. The van der Waals surface area contributed by atoms with Crippen molar-refractivity contribution in [2.75, 3.05) is 0 Å². The van der Waals surface area contributed by atoms with E-state index in [2.05, 4.69) is 140 Å². The van der Waals surface area contributed by atoms with Gasteiger partial charge in [-0.05, 0) is 150 Å². The largest absolute Gasteiger partial charge is 0.417 e. The minimum Gasteiger partial charge on any atom is -0.192 e. The fourth-order valence-electron chi connectivity index (χ4n) is 10.2. The summed E-state index contributed by atoms with van der Waals surface area (Å²) >= 11 is 0. The third-order valence-corrected chi connectivity index (χ3v) is 12.6. The van der Waals surface area contributed by atoms with E-state index in [1.54, 1.807) is 12.1 Å². The Kier molecular flexibility index (Phi) is 7.22. The summed E-state index contributed by atoms with van der Waals surface area (Å²) in [4.78, 5) is 0. The molecule has 0 heterocycles. The number of alkyl halides is 3. The van der Waals surface area contributed by atoms with Gasteiger partial charge in [-0.1, -0.05) is 152 Å². The molecule has 0 N–H and O–H groups in total. The molecule has 0 unspecified atom stereocenters. The van der Waals surface area contributed by atoms with Gasteiger partial charge < -0.3 is 0 Å². The van der Waals surface area contributed by atoms with Gasteiger partial charge in [0.25, 0.3) is 0 Å². The molecule has 0 fully saturated rings. The first-order valence-corrected chi connectivity index (χ1v) is 20.0. The van der Waals surface area contributed by atoms with E-state index in [1.807, 2.05) is 18.2 Å². The Balaban J connectivity index is 1.25. The van der Waals surface area contributed by atoms with Gasteiger partial charge >= 0.3 is 6.18 Å². The van der Waals surface area contributed by atoms with Crippen LogP contribution in [0.15, 0.2) is 182 Å². The number of hydrogen-bond acceptors (Lipinski definition) is 1. The van der Waals surface area contributed by atoms with Crippen molar-refractivity contribution in [2.24, 2.45) is 0 Å². The van der Waals surface area contributed by atoms with Crippen molar-refractivity contribution in [2.45, 2.75) is 6.18 Å². The molecule has 0 saturated carbocycles. The second-order valence-corrected chi connectivity index (χ2v) is 15.7. The van der Waals surface area contributed by atoms with Crippen LogP contribution in [0.4, 0.5) is 13.2 Å². The van der Waals surface area contributed by atoms with Crippen molar-refractivity contribution in [3.05, 3.63) is 193 Å². The molecule has 0 aliphatic heterocycles. The third-order valence-electron chi connectivity index (χ3n) is 12.6. The van der Waals surface area contributed by atoms with Crippen molar-refractivity contribution >= 4 is 75.4 Å². The molecule has 0 saturated heterocycles. The predicted molar refractivity (Wildman–Crippen MR) is 243 cm³/mol. The molecular weight excluding hydrogens is 744 g/mol. The van der Waals surface area contributed by atoms with Crippen LogP contribution in [0.25, 0.3) is 120 Å². The summed E-state index contributed by atoms with van der Waals surface area (Å²) in [6, 6.07) is 62.9. The summed E-state index contributed by atoms with van der Waals surface area (Å²) in [5.41, 5.74) is 6.13. The Morgan fingerprint density at radius 1 is 0.333 bits per heavy atom. The van der Waals surface area contributed by atoms with Crippen molar-refractivity contribution in [3.8, 4) is 50.6 Å².